The van der Waals surface area contributed by atoms with Crippen LogP contribution in [0.5, 0.6) is 0 Å². The second-order valence-corrected chi connectivity index (χ2v) is 7.46. The average Bonchev–Trinajstić information content (AvgIpc) is 3.14. The van der Waals surface area contributed by atoms with Crippen molar-refractivity contribution < 1.29 is 4.39 Å². The molecule has 0 saturated carbocycles. The molecule has 4 aromatic rings. The van der Waals surface area contributed by atoms with E-state index in [2.05, 4.69) is 46.4 Å². The third-order valence-electron chi connectivity index (χ3n) is 5.16. The van der Waals surface area contributed by atoms with Crippen molar-refractivity contribution in [1.29, 1.82) is 0 Å². The molecule has 4 rings (SSSR count). The molecule has 0 fully saturated rings. The summed E-state index contributed by atoms with van der Waals surface area (Å²) in [5.74, 6) is 0.451. The lowest BCUT2D eigenvalue weighted by Crippen LogP contribution is -2.19. The molecule has 0 amide bonds. The first-order valence-electron chi connectivity index (χ1n) is 9.93. The molecule has 152 valence electrons. The van der Waals surface area contributed by atoms with E-state index < -0.39 is 0 Å². The molecule has 1 unspecified atom stereocenters. The Labute approximate surface area is 175 Å². The number of aryl methyl sites for hydroxylation is 1. The molecule has 0 bridgehead atoms. The van der Waals surface area contributed by atoms with Gasteiger partial charge in [-0.15, -0.1) is 0 Å². The molecule has 0 radical (unpaired) electrons. The molecule has 5 nitrogen and oxygen atoms in total. The van der Waals surface area contributed by atoms with Crippen LogP contribution in [0.1, 0.15) is 35.3 Å². The van der Waals surface area contributed by atoms with Crippen LogP contribution >= 0.6 is 0 Å². The van der Waals surface area contributed by atoms with Crippen LogP contribution in [0, 0.1) is 19.7 Å². The zero-order chi connectivity index (χ0) is 21.1. The number of rotatable bonds is 6. The Balaban J connectivity index is 1.43. The standard InChI is InChI=1S/C24H24FN5/c1-16-6-4-7-20(10-16)24-27-13-19(14-28-24)12-26-17(2)23-15-29-30(18(23)3)22-9-5-8-21(25)11-22/h4-11,13-15,17,26H,12H2,1-3H3. The first-order valence-corrected chi connectivity index (χ1v) is 9.93. The van der Waals surface area contributed by atoms with Gasteiger partial charge < -0.3 is 5.32 Å². The van der Waals surface area contributed by atoms with Gasteiger partial charge in [-0.05, 0) is 45.0 Å². The van der Waals surface area contributed by atoms with Crippen molar-refractivity contribution in [3.63, 3.8) is 0 Å². The summed E-state index contributed by atoms with van der Waals surface area (Å²) in [7, 11) is 0. The van der Waals surface area contributed by atoms with Gasteiger partial charge in [0.25, 0.3) is 0 Å². The average molecular weight is 401 g/mol. The van der Waals surface area contributed by atoms with Crippen LogP contribution in [0.2, 0.25) is 0 Å². The number of nitrogens with one attached hydrogen (secondary N) is 1. The highest BCUT2D eigenvalue weighted by molar-refractivity contribution is 5.55. The predicted molar refractivity (Wildman–Crippen MR) is 116 cm³/mol. The fourth-order valence-electron chi connectivity index (χ4n) is 3.48. The topological polar surface area (TPSA) is 55.6 Å². The summed E-state index contributed by atoms with van der Waals surface area (Å²) in [5.41, 5.74) is 5.97. The minimum atomic E-state index is -0.274. The molecule has 2 aromatic carbocycles. The van der Waals surface area contributed by atoms with Crippen molar-refractivity contribution in [2.75, 3.05) is 0 Å². The van der Waals surface area contributed by atoms with Crippen LogP contribution < -0.4 is 5.32 Å². The molecule has 30 heavy (non-hydrogen) atoms. The van der Waals surface area contributed by atoms with Gasteiger partial charge in [0.2, 0.25) is 0 Å². The lowest BCUT2D eigenvalue weighted by Gasteiger charge is -2.14. The molecular formula is C24H24FN5. The lowest BCUT2D eigenvalue weighted by atomic mass is 10.1. The third kappa shape index (κ3) is 4.28. The number of benzene rings is 2. The fourth-order valence-corrected chi connectivity index (χ4v) is 3.48. The fraction of sp³-hybridized carbons (Fsp3) is 0.208. The summed E-state index contributed by atoms with van der Waals surface area (Å²) >= 11 is 0. The van der Waals surface area contributed by atoms with E-state index in [1.165, 1.54) is 17.7 Å². The van der Waals surface area contributed by atoms with E-state index in [4.69, 9.17) is 0 Å². The minimum Gasteiger partial charge on any atom is -0.306 e. The molecule has 2 heterocycles. The number of hydrogen-bond acceptors (Lipinski definition) is 4. The molecular weight excluding hydrogens is 377 g/mol. The van der Waals surface area contributed by atoms with E-state index in [1.807, 2.05) is 43.7 Å². The first-order chi connectivity index (χ1) is 14.5. The molecule has 0 aliphatic carbocycles. The summed E-state index contributed by atoms with van der Waals surface area (Å²) in [6, 6.07) is 14.7. The second kappa shape index (κ2) is 8.55. The summed E-state index contributed by atoms with van der Waals surface area (Å²) in [5, 5.41) is 7.93. The highest BCUT2D eigenvalue weighted by Gasteiger charge is 2.14. The Morgan fingerprint density at radius 1 is 1.00 bits per heavy atom. The number of halogens is 1. The van der Waals surface area contributed by atoms with Crippen LogP contribution in [0.25, 0.3) is 17.1 Å². The number of hydrogen-bond donors (Lipinski definition) is 1. The van der Waals surface area contributed by atoms with Gasteiger partial charge in [0.15, 0.2) is 5.82 Å². The normalized spacial score (nSPS) is 12.1. The van der Waals surface area contributed by atoms with Gasteiger partial charge in [-0.3, -0.25) is 0 Å². The maximum atomic E-state index is 13.5. The van der Waals surface area contributed by atoms with Gasteiger partial charge in [-0.25, -0.2) is 19.0 Å². The maximum absolute atomic E-state index is 13.5. The molecule has 0 aliphatic heterocycles. The molecule has 0 aliphatic rings. The Kier molecular flexibility index (Phi) is 5.68. The van der Waals surface area contributed by atoms with Gasteiger partial charge in [0, 0.05) is 47.4 Å². The van der Waals surface area contributed by atoms with Crippen molar-refractivity contribution in [3.8, 4) is 17.1 Å². The monoisotopic (exact) mass is 401 g/mol. The van der Waals surface area contributed by atoms with Crippen LogP contribution in [0.4, 0.5) is 4.39 Å². The van der Waals surface area contributed by atoms with E-state index in [9.17, 15) is 4.39 Å². The maximum Gasteiger partial charge on any atom is 0.159 e. The van der Waals surface area contributed by atoms with E-state index in [1.54, 1.807) is 10.7 Å². The van der Waals surface area contributed by atoms with Crippen molar-refractivity contribution in [1.82, 2.24) is 25.1 Å². The summed E-state index contributed by atoms with van der Waals surface area (Å²) in [4.78, 5) is 9.01. The summed E-state index contributed by atoms with van der Waals surface area (Å²) < 4.78 is 15.3. The van der Waals surface area contributed by atoms with Crippen molar-refractivity contribution in [2.24, 2.45) is 0 Å². The summed E-state index contributed by atoms with van der Waals surface area (Å²) in [6.45, 7) is 6.77. The van der Waals surface area contributed by atoms with E-state index in [-0.39, 0.29) is 11.9 Å². The SMILES string of the molecule is Cc1cccc(-c2ncc(CNC(C)c3cnn(-c4cccc(F)c4)c3C)cn2)c1. The first kappa shape index (κ1) is 19.9. The third-order valence-corrected chi connectivity index (χ3v) is 5.16. The van der Waals surface area contributed by atoms with E-state index in [0.29, 0.717) is 12.2 Å². The molecule has 0 saturated heterocycles. The van der Waals surface area contributed by atoms with Gasteiger partial charge in [0.05, 0.1) is 11.9 Å². The van der Waals surface area contributed by atoms with E-state index in [0.717, 1.165) is 28.2 Å². The highest BCUT2D eigenvalue weighted by atomic mass is 19.1. The van der Waals surface area contributed by atoms with Crippen LogP contribution in [0.15, 0.2) is 67.1 Å². The zero-order valence-electron chi connectivity index (χ0n) is 17.3. The molecule has 1 atom stereocenters. The van der Waals surface area contributed by atoms with Crippen molar-refractivity contribution in [3.05, 3.63) is 95.3 Å². The molecule has 0 spiro atoms. The molecule has 6 heteroatoms. The second-order valence-electron chi connectivity index (χ2n) is 7.46. The van der Waals surface area contributed by atoms with Crippen molar-refractivity contribution in [2.45, 2.75) is 33.4 Å². The zero-order valence-corrected chi connectivity index (χ0v) is 17.3. The van der Waals surface area contributed by atoms with Crippen LogP contribution in [-0.4, -0.2) is 19.7 Å². The minimum absolute atomic E-state index is 0.0729. The lowest BCUT2D eigenvalue weighted by molar-refractivity contribution is 0.570. The van der Waals surface area contributed by atoms with E-state index >= 15 is 0 Å². The number of aromatic nitrogens is 4. The smallest absolute Gasteiger partial charge is 0.159 e. The Morgan fingerprint density at radius 3 is 2.50 bits per heavy atom. The van der Waals surface area contributed by atoms with Crippen LogP contribution in [0.3, 0.4) is 0 Å². The summed E-state index contributed by atoms with van der Waals surface area (Å²) in [6.07, 6.45) is 5.54. The Bertz CT molecular complexity index is 1150. The van der Waals surface area contributed by atoms with Crippen molar-refractivity contribution >= 4 is 0 Å². The quantitative estimate of drug-likeness (QED) is 0.497. The molecule has 2 aromatic heterocycles. The van der Waals surface area contributed by atoms with Gasteiger partial charge in [-0.2, -0.15) is 5.10 Å². The van der Waals surface area contributed by atoms with Gasteiger partial charge in [0.1, 0.15) is 5.82 Å². The molecule has 1 N–H and O–H groups in total. The largest absolute Gasteiger partial charge is 0.306 e. The number of nitrogens with zero attached hydrogens (tertiary/aromatic N) is 4. The van der Waals surface area contributed by atoms with Gasteiger partial charge >= 0.3 is 0 Å². The van der Waals surface area contributed by atoms with Crippen LogP contribution in [-0.2, 0) is 6.54 Å². The van der Waals surface area contributed by atoms with Gasteiger partial charge in [-0.1, -0.05) is 29.8 Å². The Hall–Kier alpha value is -3.38. The predicted octanol–water partition coefficient (Wildman–Crippen LogP) is 4.94. The highest BCUT2D eigenvalue weighted by Crippen LogP contribution is 2.21. The Morgan fingerprint density at radius 2 is 1.77 bits per heavy atom.